The highest BCUT2D eigenvalue weighted by Crippen LogP contribution is 2.29. The van der Waals surface area contributed by atoms with Gasteiger partial charge < -0.3 is 15.0 Å². The van der Waals surface area contributed by atoms with Crippen LogP contribution in [0.4, 0.5) is 4.79 Å². The van der Waals surface area contributed by atoms with Crippen LogP contribution in [0.3, 0.4) is 0 Å². The van der Waals surface area contributed by atoms with E-state index in [0.29, 0.717) is 6.54 Å². The molecule has 1 aliphatic heterocycles. The van der Waals surface area contributed by atoms with Gasteiger partial charge in [0.25, 0.3) is 0 Å². The number of carbonyl (C=O) groups is 2. The molecule has 5 heteroatoms. The lowest BCUT2D eigenvalue weighted by atomic mass is 9.84. The van der Waals surface area contributed by atoms with Gasteiger partial charge in [-0.25, -0.2) is 4.79 Å². The molecule has 0 aromatic carbocycles. The van der Waals surface area contributed by atoms with Gasteiger partial charge in [0.1, 0.15) is 5.60 Å². The second-order valence-electron chi connectivity index (χ2n) is 6.90. The molecule has 0 spiro atoms. The second kappa shape index (κ2) is 6.02. The zero-order chi connectivity index (χ0) is 14.8. The number of nitrogens with one attached hydrogen (secondary N) is 1. The molecule has 1 saturated carbocycles. The molecule has 114 valence electrons. The molecular weight excluding hydrogens is 256 g/mol. The molecular formula is C15H26N2O3. The van der Waals surface area contributed by atoms with E-state index in [1.807, 2.05) is 25.7 Å². The summed E-state index contributed by atoms with van der Waals surface area (Å²) in [6, 6.07) is 0.0163. The summed E-state index contributed by atoms with van der Waals surface area (Å²) >= 11 is 0. The topological polar surface area (TPSA) is 58.6 Å². The molecule has 2 aliphatic rings. The Hall–Kier alpha value is -1.26. The third kappa shape index (κ3) is 4.12. The average Bonchev–Trinajstić information content (AvgIpc) is 2.24. The molecule has 2 rings (SSSR count). The van der Waals surface area contributed by atoms with Crippen molar-refractivity contribution in [2.24, 2.45) is 5.92 Å². The van der Waals surface area contributed by atoms with Crippen molar-refractivity contribution < 1.29 is 14.3 Å². The Morgan fingerprint density at radius 2 is 1.85 bits per heavy atom. The van der Waals surface area contributed by atoms with E-state index >= 15 is 0 Å². The summed E-state index contributed by atoms with van der Waals surface area (Å²) in [6.45, 7) is 6.98. The van der Waals surface area contributed by atoms with Crippen LogP contribution in [0.5, 0.6) is 0 Å². The maximum atomic E-state index is 12.2. The van der Waals surface area contributed by atoms with Crippen molar-refractivity contribution in [3.05, 3.63) is 0 Å². The van der Waals surface area contributed by atoms with E-state index in [1.165, 1.54) is 6.42 Å². The van der Waals surface area contributed by atoms with Gasteiger partial charge in [0.05, 0.1) is 0 Å². The molecule has 5 nitrogen and oxygen atoms in total. The minimum Gasteiger partial charge on any atom is -0.444 e. The summed E-state index contributed by atoms with van der Waals surface area (Å²) in [6.07, 6.45) is 4.69. The molecule has 20 heavy (non-hydrogen) atoms. The molecule has 1 atom stereocenters. The predicted octanol–water partition coefficient (Wildman–Crippen LogP) is 2.30. The Bertz CT molecular complexity index is 372. The fourth-order valence-electron chi connectivity index (χ4n) is 2.68. The molecule has 2 amide bonds. The van der Waals surface area contributed by atoms with Gasteiger partial charge in [0, 0.05) is 25.0 Å². The number of carbonyl (C=O) groups excluding carboxylic acids is 2. The Kier molecular flexibility index (Phi) is 4.55. The van der Waals surface area contributed by atoms with Gasteiger partial charge in [0.15, 0.2) is 0 Å². The smallest absolute Gasteiger partial charge is 0.407 e. The average molecular weight is 282 g/mol. The molecule has 1 N–H and O–H groups in total. The number of nitrogens with zero attached hydrogens (tertiary/aromatic N) is 1. The van der Waals surface area contributed by atoms with E-state index < -0.39 is 5.60 Å². The minimum atomic E-state index is -0.486. The largest absolute Gasteiger partial charge is 0.444 e. The predicted molar refractivity (Wildman–Crippen MR) is 76.3 cm³/mol. The zero-order valence-electron chi connectivity index (χ0n) is 12.8. The van der Waals surface area contributed by atoms with Crippen LogP contribution in [0.15, 0.2) is 0 Å². The third-order valence-electron chi connectivity index (χ3n) is 3.91. The van der Waals surface area contributed by atoms with Crippen molar-refractivity contribution in [3.63, 3.8) is 0 Å². The Morgan fingerprint density at radius 3 is 2.40 bits per heavy atom. The molecule has 0 aromatic rings. The standard InChI is InChI=1S/C15H26N2O3/c1-15(2,3)20-14(19)16-12-8-5-9-17(10-12)13(18)11-6-4-7-11/h11-12H,4-10H2,1-3H3,(H,16,19). The SMILES string of the molecule is CC(C)(C)OC(=O)NC1CCCN(C(=O)C2CCC2)C1. The number of amides is 2. The van der Waals surface area contributed by atoms with E-state index in [0.717, 1.165) is 32.2 Å². The molecule has 1 unspecified atom stereocenters. The molecule has 2 fully saturated rings. The molecule has 1 heterocycles. The molecule has 0 bridgehead atoms. The van der Waals surface area contributed by atoms with E-state index in [1.54, 1.807) is 0 Å². The lowest BCUT2D eigenvalue weighted by molar-refractivity contribution is -0.139. The number of hydrogen-bond donors (Lipinski definition) is 1. The van der Waals surface area contributed by atoms with Gasteiger partial charge in [-0.3, -0.25) is 4.79 Å². The maximum absolute atomic E-state index is 12.2. The maximum Gasteiger partial charge on any atom is 0.407 e. The first kappa shape index (κ1) is 15.1. The summed E-state index contributed by atoms with van der Waals surface area (Å²) < 4.78 is 5.26. The van der Waals surface area contributed by atoms with Crippen LogP contribution >= 0.6 is 0 Å². The molecule has 0 radical (unpaired) electrons. The first-order valence-corrected chi connectivity index (χ1v) is 7.63. The second-order valence-corrected chi connectivity index (χ2v) is 6.90. The van der Waals surface area contributed by atoms with Crippen LogP contribution in [0, 0.1) is 5.92 Å². The Balaban J connectivity index is 1.81. The van der Waals surface area contributed by atoms with Crippen LogP contribution < -0.4 is 5.32 Å². The van der Waals surface area contributed by atoms with Gasteiger partial charge in [-0.05, 0) is 46.5 Å². The highest BCUT2D eigenvalue weighted by atomic mass is 16.6. The monoisotopic (exact) mass is 282 g/mol. The highest BCUT2D eigenvalue weighted by Gasteiger charge is 2.32. The quantitative estimate of drug-likeness (QED) is 0.845. The van der Waals surface area contributed by atoms with Gasteiger partial charge in [-0.15, -0.1) is 0 Å². The normalized spacial score (nSPS) is 23.9. The number of likely N-dealkylation sites (tertiary alicyclic amines) is 1. The van der Waals surface area contributed by atoms with Crippen molar-refractivity contribution in [2.45, 2.75) is 64.5 Å². The van der Waals surface area contributed by atoms with Crippen molar-refractivity contribution >= 4 is 12.0 Å². The van der Waals surface area contributed by atoms with Crippen LogP contribution in [0.1, 0.15) is 52.9 Å². The summed E-state index contributed by atoms with van der Waals surface area (Å²) in [7, 11) is 0. The van der Waals surface area contributed by atoms with Crippen molar-refractivity contribution in [3.8, 4) is 0 Å². The first-order valence-electron chi connectivity index (χ1n) is 7.63. The number of alkyl carbamates (subject to hydrolysis) is 1. The zero-order valence-corrected chi connectivity index (χ0v) is 12.8. The number of piperidine rings is 1. The summed E-state index contributed by atoms with van der Waals surface area (Å²) in [5.41, 5.74) is -0.486. The first-order chi connectivity index (χ1) is 9.35. The minimum absolute atomic E-state index is 0.0163. The number of ether oxygens (including phenoxy) is 1. The summed E-state index contributed by atoms with van der Waals surface area (Å²) in [5, 5.41) is 2.88. The van der Waals surface area contributed by atoms with E-state index in [4.69, 9.17) is 4.74 Å². The van der Waals surface area contributed by atoms with Crippen molar-refractivity contribution in [1.82, 2.24) is 10.2 Å². The molecule has 0 aromatic heterocycles. The Labute approximate surface area is 121 Å². The Morgan fingerprint density at radius 1 is 1.15 bits per heavy atom. The molecule has 1 aliphatic carbocycles. The van der Waals surface area contributed by atoms with Gasteiger partial charge in [-0.2, -0.15) is 0 Å². The highest BCUT2D eigenvalue weighted by molar-refractivity contribution is 5.79. The lowest BCUT2D eigenvalue weighted by Crippen LogP contribution is -2.52. The summed E-state index contributed by atoms with van der Waals surface area (Å²) in [5.74, 6) is 0.502. The van der Waals surface area contributed by atoms with E-state index in [2.05, 4.69) is 5.32 Å². The summed E-state index contributed by atoms with van der Waals surface area (Å²) in [4.78, 5) is 25.9. The third-order valence-corrected chi connectivity index (χ3v) is 3.91. The molecule has 1 saturated heterocycles. The fraction of sp³-hybridized carbons (Fsp3) is 0.867. The van der Waals surface area contributed by atoms with Crippen LogP contribution in [0.2, 0.25) is 0 Å². The number of rotatable bonds is 2. The van der Waals surface area contributed by atoms with Crippen LogP contribution in [-0.2, 0) is 9.53 Å². The van der Waals surface area contributed by atoms with Gasteiger partial charge in [0.2, 0.25) is 5.91 Å². The van der Waals surface area contributed by atoms with Crippen molar-refractivity contribution in [1.29, 1.82) is 0 Å². The number of hydrogen-bond acceptors (Lipinski definition) is 3. The fourth-order valence-corrected chi connectivity index (χ4v) is 2.68. The van der Waals surface area contributed by atoms with E-state index in [-0.39, 0.29) is 24.0 Å². The van der Waals surface area contributed by atoms with Crippen molar-refractivity contribution in [2.75, 3.05) is 13.1 Å². The van der Waals surface area contributed by atoms with Gasteiger partial charge >= 0.3 is 6.09 Å². The lowest BCUT2D eigenvalue weighted by Gasteiger charge is -2.37. The van der Waals surface area contributed by atoms with Crippen LogP contribution in [0.25, 0.3) is 0 Å². The van der Waals surface area contributed by atoms with Crippen LogP contribution in [-0.4, -0.2) is 41.6 Å². The van der Waals surface area contributed by atoms with E-state index in [9.17, 15) is 9.59 Å². The van der Waals surface area contributed by atoms with Gasteiger partial charge in [-0.1, -0.05) is 6.42 Å².